The Bertz CT molecular complexity index is 1110. The minimum absolute atomic E-state index is 0.0171. The van der Waals surface area contributed by atoms with Crippen LogP contribution in [-0.4, -0.2) is 47.8 Å². The second-order valence-electron chi connectivity index (χ2n) is 8.97. The number of likely N-dealkylation sites (N-methyl/N-ethyl adjacent to an activating group) is 1. The highest BCUT2D eigenvalue weighted by atomic mass is 16.3. The number of benzene rings is 2. The van der Waals surface area contributed by atoms with Gasteiger partial charge >= 0.3 is 0 Å². The van der Waals surface area contributed by atoms with Gasteiger partial charge in [0.1, 0.15) is 5.76 Å². The van der Waals surface area contributed by atoms with Crippen molar-refractivity contribution in [2.45, 2.75) is 32.2 Å². The molecule has 1 saturated heterocycles. The van der Waals surface area contributed by atoms with Gasteiger partial charge in [-0.15, -0.1) is 0 Å². The molecular weight excluding hydrogens is 424 g/mol. The van der Waals surface area contributed by atoms with Gasteiger partial charge in [0.15, 0.2) is 0 Å². The molecule has 3 aromatic rings. The minimum Gasteiger partial charge on any atom is -0.469 e. The molecule has 34 heavy (non-hydrogen) atoms. The fraction of sp³-hybridized carbons (Fsp3) is 0.310. The number of hydrogen-bond acceptors (Lipinski definition) is 3. The molecule has 2 aromatic carbocycles. The molecule has 4 rings (SSSR count). The zero-order chi connectivity index (χ0) is 23.9. The maximum Gasteiger partial charge on any atom is 0.257 e. The summed E-state index contributed by atoms with van der Waals surface area (Å²) in [6.45, 7) is 3.21. The van der Waals surface area contributed by atoms with Crippen LogP contribution in [0.4, 0.5) is 0 Å². The summed E-state index contributed by atoms with van der Waals surface area (Å²) in [7, 11) is 1.89. The van der Waals surface area contributed by atoms with Crippen molar-refractivity contribution in [3.63, 3.8) is 0 Å². The molecule has 176 valence electrons. The van der Waals surface area contributed by atoms with E-state index in [1.165, 1.54) is 5.56 Å². The molecule has 5 heteroatoms. The van der Waals surface area contributed by atoms with E-state index in [-0.39, 0.29) is 17.9 Å². The Morgan fingerprint density at radius 3 is 2.29 bits per heavy atom. The second-order valence-corrected chi connectivity index (χ2v) is 8.97. The standard InChI is InChI=1S/C29H32N2O3/c1-22-26(17-20-34-22)29(33)30(2)27(21-24-11-7-4-8-12-24)25-15-18-31(19-16-25)28(32)14-13-23-9-5-3-6-10-23/h3-14,17,20,25,27H,15-16,18-19,21H2,1-2H3/b14-13+/t27-/m1/s1. The highest BCUT2D eigenvalue weighted by Crippen LogP contribution is 2.28. The van der Waals surface area contributed by atoms with Crippen LogP contribution >= 0.6 is 0 Å². The Hall–Kier alpha value is -3.60. The van der Waals surface area contributed by atoms with Gasteiger partial charge in [-0.2, -0.15) is 0 Å². The first-order valence-electron chi connectivity index (χ1n) is 11.9. The molecule has 0 spiro atoms. The van der Waals surface area contributed by atoms with Crippen molar-refractivity contribution in [1.29, 1.82) is 0 Å². The molecule has 0 unspecified atom stereocenters. The summed E-state index contributed by atoms with van der Waals surface area (Å²) in [5, 5.41) is 0. The number of likely N-dealkylation sites (tertiary alicyclic amines) is 1. The van der Waals surface area contributed by atoms with Crippen LogP contribution in [0.15, 0.2) is 83.5 Å². The largest absolute Gasteiger partial charge is 0.469 e. The summed E-state index contributed by atoms with van der Waals surface area (Å²) < 4.78 is 5.38. The van der Waals surface area contributed by atoms with Crippen LogP contribution in [0.25, 0.3) is 6.08 Å². The smallest absolute Gasteiger partial charge is 0.257 e. The summed E-state index contributed by atoms with van der Waals surface area (Å²) in [4.78, 5) is 29.8. The van der Waals surface area contributed by atoms with Gasteiger partial charge in [0.25, 0.3) is 5.91 Å². The van der Waals surface area contributed by atoms with Gasteiger partial charge in [-0.1, -0.05) is 60.7 Å². The van der Waals surface area contributed by atoms with E-state index < -0.39 is 0 Å². The first kappa shape index (κ1) is 23.6. The van der Waals surface area contributed by atoms with Gasteiger partial charge in [-0.25, -0.2) is 0 Å². The third-order valence-corrected chi connectivity index (χ3v) is 6.81. The van der Waals surface area contributed by atoms with E-state index in [9.17, 15) is 9.59 Å². The van der Waals surface area contributed by atoms with E-state index in [0.29, 0.717) is 30.3 Å². The molecule has 0 radical (unpaired) electrons. The molecule has 1 aromatic heterocycles. The van der Waals surface area contributed by atoms with Crippen LogP contribution in [0.1, 0.15) is 40.1 Å². The number of aryl methyl sites for hydroxylation is 1. The highest BCUT2D eigenvalue weighted by molar-refractivity contribution is 5.95. The van der Waals surface area contributed by atoms with E-state index in [1.54, 1.807) is 18.4 Å². The summed E-state index contributed by atoms with van der Waals surface area (Å²) in [6.07, 6.45) is 7.61. The lowest BCUT2D eigenvalue weighted by Gasteiger charge is -2.40. The Balaban J connectivity index is 1.44. The third kappa shape index (κ3) is 5.66. The van der Waals surface area contributed by atoms with Crippen LogP contribution in [0.2, 0.25) is 0 Å². The lowest BCUT2D eigenvalue weighted by atomic mass is 9.84. The van der Waals surface area contributed by atoms with Crippen molar-refractivity contribution in [3.8, 4) is 0 Å². The van der Waals surface area contributed by atoms with Crippen molar-refractivity contribution in [2.24, 2.45) is 5.92 Å². The number of nitrogens with zero attached hydrogens (tertiary/aromatic N) is 2. The van der Waals surface area contributed by atoms with E-state index in [4.69, 9.17) is 4.42 Å². The Labute approximate surface area is 201 Å². The Morgan fingerprint density at radius 2 is 1.68 bits per heavy atom. The topological polar surface area (TPSA) is 53.8 Å². The predicted octanol–water partition coefficient (Wildman–Crippen LogP) is 5.22. The van der Waals surface area contributed by atoms with Crippen molar-refractivity contribution >= 4 is 17.9 Å². The van der Waals surface area contributed by atoms with Gasteiger partial charge in [0.05, 0.1) is 11.8 Å². The van der Waals surface area contributed by atoms with Crippen LogP contribution in [0.5, 0.6) is 0 Å². The molecule has 1 aliphatic rings. The van der Waals surface area contributed by atoms with Crippen LogP contribution in [-0.2, 0) is 11.2 Å². The third-order valence-electron chi connectivity index (χ3n) is 6.81. The quantitative estimate of drug-likeness (QED) is 0.458. The average molecular weight is 457 g/mol. The van der Waals surface area contributed by atoms with E-state index in [1.807, 2.05) is 78.4 Å². The van der Waals surface area contributed by atoms with Crippen molar-refractivity contribution < 1.29 is 14.0 Å². The number of carbonyl (C=O) groups excluding carboxylic acids is 2. The van der Waals surface area contributed by atoms with E-state index in [0.717, 1.165) is 24.8 Å². The molecule has 5 nitrogen and oxygen atoms in total. The summed E-state index contributed by atoms with van der Waals surface area (Å²) in [6, 6.07) is 22.0. The molecule has 2 heterocycles. The first-order chi connectivity index (χ1) is 16.5. The van der Waals surface area contributed by atoms with Gasteiger partial charge < -0.3 is 14.2 Å². The van der Waals surface area contributed by atoms with E-state index in [2.05, 4.69) is 12.1 Å². The average Bonchev–Trinajstić information content (AvgIpc) is 3.32. The lowest BCUT2D eigenvalue weighted by molar-refractivity contribution is -0.127. The summed E-state index contributed by atoms with van der Waals surface area (Å²) in [5.74, 6) is 0.973. The van der Waals surface area contributed by atoms with Crippen LogP contribution in [0, 0.1) is 12.8 Å². The molecule has 1 aliphatic heterocycles. The molecule has 0 saturated carbocycles. The lowest BCUT2D eigenvalue weighted by Crippen LogP contribution is -2.48. The number of carbonyl (C=O) groups is 2. The van der Waals surface area contributed by atoms with E-state index >= 15 is 0 Å². The maximum absolute atomic E-state index is 13.3. The number of rotatable bonds is 7. The van der Waals surface area contributed by atoms with Crippen LogP contribution < -0.4 is 0 Å². The number of piperidine rings is 1. The highest BCUT2D eigenvalue weighted by Gasteiger charge is 2.33. The van der Waals surface area contributed by atoms with Gasteiger partial charge in [0, 0.05) is 32.3 Å². The van der Waals surface area contributed by atoms with Crippen molar-refractivity contribution in [1.82, 2.24) is 9.80 Å². The number of hydrogen-bond donors (Lipinski definition) is 0. The fourth-order valence-corrected chi connectivity index (χ4v) is 4.76. The van der Waals surface area contributed by atoms with Gasteiger partial charge in [-0.3, -0.25) is 9.59 Å². The summed E-state index contributed by atoms with van der Waals surface area (Å²) in [5.41, 5.74) is 2.84. The number of furan rings is 1. The van der Waals surface area contributed by atoms with Gasteiger partial charge in [0.2, 0.25) is 5.91 Å². The molecule has 0 bridgehead atoms. The molecule has 2 amide bonds. The normalized spacial score (nSPS) is 15.4. The molecule has 0 aliphatic carbocycles. The molecule has 1 atom stereocenters. The molecule has 0 N–H and O–H groups in total. The molecular formula is C29H32N2O3. The SMILES string of the molecule is Cc1occc1C(=O)N(C)[C@H](Cc1ccccc1)C1CCN(C(=O)/C=C/c2ccccc2)CC1. The summed E-state index contributed by atoms with van der Waals surface area (Å²) >= 11 is 0. The fourth-order valence-electron chi connectivity index (χ4n) is 4.76. The molecule has 1 fully saturated rings. The second kappa shape index (κ2) is 11.0. The van der Waals surface area contributed by atoms with Crippen LogP contribution in [0.3, 0.4) is 0 Å². The zero-order valence-corrected chi connectivity index (χ0v) is 19.9. The number of amides is 2. The minimum atomic E-state index is -0.0171. The van der Waals surface area contributed by atoms with Gasteiger partial charge in [-0.05, 0) is 55.4 Å². The Morgan fingerprint density at radius 1 is 1.03 bits per heavy atom. The Kier molecular flexibility index (Phi) is 7.63. The van der Waals surface area contributed by atoms with Crippen molar-refractivity contribution in [3.05, 3.63) is 102 Å². The predicted molar refractivity (Wildman–Crippen MR) is 134 cm³/mol. The zero-order valence-electron chi connectivity index (χ0n) is 19.9. The van der Waals surface area contributed by atoms with Crippen molar-refractivity contribution in [2.75, 3.05) is 20.1 Å². The maximum atomic E-state index is 13.3. The monoisotopic (exact) mass is 456 g/mol. The first-order valence-corrected chi connectivity index (χ1v) is 11.9.